The highest BCUT2D eigenvalue weighted by atomic mass is 32.2. The van der Waals surface area contributed by atoms with Crippen LogP contribution in [-0.2, 0) is 9.84 Å². The number of nitrogens with zero attached hydrogens (tertiary/aromatic N) is 2. The second-order valence-electron chi connectivity index (χ2n) is 4.80. The van der Waals surface area contributed by atoms with Crippen molar-refractivity contribution in [2.75, 3.05) is 13.8 Å². The van der Waals surface area contributed by atoms with Crippen molar-refractivity contribution in [2.45, 2.75) is 23.5 Å². The van der Waals surface area contributed by atoms with E-state index in [1.807, 2.05) is 0 Å². The molecule has 7 heteroatoms. The number of hydrogen-bond donors (Lipinski definition) is 0. The minimum Gasteiger partial charge on any atom is -0.495 e. The fourth-order valence-corrected chi connectivity index (χ4v) is 3.05. The molecule has 0 amide bonds. The number of pyridine rings is 1. The molecule has 5 nitrogen and oxygen atoms in total. The van der Waals surface area contributed by atoms with Gasteiger partial charge in [0.1, 0.15) is 23.0 Å². The summed E-state index contributed by atoms with van der Waals surface area (Å²) in [5.74, 6) is 0.167. The summed E-state index contributed by atoms with van der Waals surface area (Å²) in [7, 11) is -2.48. The minimum atomic E-state index is -3.85. The van der Waals surface area contributed by atoms with Crippen molar-refractivity contribution in [2.24, 2.45) is 0 Å². The largest absolute Gasteiger partial charge is 0.495 e. The molecule has 0 spiro atoms. The smallest absolute Gasteiger partial charge is 0.191 e. The third-order valence-electron chi connectivity index (χ3n) is 3.02. The molecular formula is C12H15FN2O3S. The Labute approximate surface area is 110 Å². The maximum absolute atomic E-state index is 13.0. The van der Waals surface area contributed by atoms with E-state index in [4.69, 9.17) is 4.74 Å². The SMILES string of the molecule is COc1cc2nccn2cc1S(=O)(=O)C(C)(C)CF. The summed E-state index contributed by atoms with van der Waals surface area (Å²) in [6.45, 7) is 1.72. The average molecular weight is 286 g/mol. The highest BCUT2D eigenvalue weighted by molar-refractivity contribution is 7.93. The lowest BCUT2D eigenvalue weighted by atomic mass is 10.2. The lowest BCUT2D eigenvalue weighted by molar-refractivity contribution is 0.392. The molecule has 2 heterocycles. The van der Waals surface area contributed by atoms with Gasteiger partial charge in [0, 0.05) is 24.7 Å². The topological polar surface area (TPSA) is 60.7 Å². The van der Waals surface area contributed by atoms with Crippen molar-refractivity contribution >= 4 is 15.5 Å². The molecule has 2 aromatic heterocycles. The van der Waals surface area contributed by atoms with Crippen molar-refractivity contribution in [3.8, 4) is 5.75 Å². The third kappa shape index (κ3) is 2.07. The molecule has 0 aliphatic carbocycles. The summed E-state index contributed by atoms with van der Waals surface area (Å²) in [5.41, 5.74) is 0.564. The van der Waals surface area contributed by atoms with Crippen LogP contribution in [0.15, 0.2) is 29.6 Å². The Kier molecular flexibility index (Phi) is 3.25. The Morgan fingerprint density at radius 1 is 1.47 bits per heavy atom. The van der Waals surface area contributed by atoms with E-state index in [1.165, 1.54) is 33.2 Å². The van der Waals surface area contributed by atoms with E-state index in [2.05, 4.69) is 4.98 Å². The van der Waals surface area contributed by atoms with E-state index in [-0.39, 0.29) is 10.6 Å². The first-order chi connectivity index (χ1) is 8.83. The monoisotopic (exact) mass is 286 g/mol. The predicted molar refractivity (Wildman–Crippen MR) is 69.0 cm³/mol. The molecule has 0 aliphatic heterocycles. The van der Waals surface area contributed by atoms with Gasteiger partial charge in [0.25, 0.3) is 0 Å². The molecule has 0 aromatic carbocycles. The first-order valence-corrected chi connectivity index (χ1v) is 7.13. The lowest BCUT2D eigenvalue weighted by Crippen LogP contribution is -2.34. The molecule has 2 aromatic rings. The molecule has 104 valence electrons. The van der Waals surface area contributed by atoms with Crippen molar-refractivity contribution in [1.82, 2.24) is 9.38 Å². The van der Waals surface area contributed by atoms with Crippen LogP contribution in [0.4, 0.5) is 4.39 Å². The lowest BCUT2D eigenvalue weighted by Gasteiger charge is -2.22. The van der Waals surface area contributed by atoms with Crippen LogP contribution in [0.5, 0.6) is 5.75 Å². The van der Waals surface area contributed by atoms with Crippen LogP contribution in [0.2, 0.25) is 0 Å². The highest BCUT2D eigenvalue weighted by Crippen LogP contribution is 2.33. The van der Waals surface area contributed by atoms with Crippen LogP contribution in [-0.4, -0.2) is 36.3 Å². The highest BCUT2D eigenvalue weighted by Gasteiger charge is 2.38. The Hall–Kier alpha value is -1.63. The number of imidazole rings is 1. The number of methoxy groups -OCH3 is 1. The summed E-state index contributed by atoms with van der Waals surface area (Å²) in [5, 5.41) is 0. The number of hydrogen-bond acceptors (Lipinski definition) is 4. The standard InChI is InChI=1S/C12H15FN2O3S/c1-12(2,8-13)19(16,17)10-7-15-5-4-14-11(15)6-9(10)18-3/h4-7H,8H2,1-3H3. The Morgan fingerprint density at radius 2 is 2.16 bits per heavy atom. The summed E-state index contributed by atoms with van der Waals surface area (Å²) in [4.78, 5) is 4.01. The van der Waals surface area contributed by atoms with Crippen molar-refractivity contribution in [3.05, 3.63) is 24.7 Å². The Morgan fingerprint density at radius 3 is 2.74 bits per heavy atom. The second-order valence-corrected chi connectivity index (χ2v) is 7.35. The van der Waals surface area contributed by atoms with Gasteiger partial charge in [-0.3, -0.25) is 0 Å². The van der Waals surface area contributed by atoms with Crippen molar-refractivity contribution in [1.29, 1.82) is 0 Å². The summed E-state index contributed by atoms with van der Waals surface area (Å²) in [6, 6.07) is 1.52. The van der Waals surface area contributed by atoms with Gasteiger partial charge in [0.05, 0.1) is 11.9 Å². The van der Waals surface area contributed by atoms with Crippen LogP contribution in [0.3, 0.4) is 0 Å². The summed E-state index contributed by atoms with van der Waals surface area (Å²) >= 11 is 0. The zero-order chi connectivity index (χ0) is 14.3. The first kappa shape index (κ1) is 13.8. The van der Waals surface area contributed by atoms with Gasteiger partial charge in [-0.15, -0.1) is 0 Å². The predicted octanol–water partition coefficient (Wildman–Crippen LogP) is 1.86. The molecule has 2 rings (SSSR count). The summed E-state index contributed by atoms with van der Waals surface area (Å²) in [6.07, 6.45) is 4.57. The summed E-state index contributed by atoms with van der Waals surface area (Å²) < 4.78 is 43.1. The number of alkyl halides is 1. The van der Waals surface area contributed by atoms with Crippen molar-refractivity contribution in [3.63, 3.8) is 0 Å². The van der Waals surface area contributed by atoms with Gasteiger partial charge in [-0.1, -0.05) is 0 Å². The maximum atomic E-state index is 13.0. The fourth-order valence-electron chi connectivity index (χ4n) is 1.65. The van der Waals surface area contributed by atoms with Crippen LogP contribution in [0, 0.1) is 0 Å². The molecule has 0 bridgehead atoms. The van der Waals surface area contributed by atoms with Gasteiger partial charge in [0.15, 0.2) is 9.84 Å². The van der Waals surface area contributed by atoms with Crippen LogP contribution >= 0.6 is 0 Å². The normalized spacial score (nSPS) is 12.8. The van der Waals surface area contributed by atoms with Gasteiger partial charge in [-0.2, -0.15) is 0 Å². The van der Waals surface area contributed by atoms with Gasteiger partial charge in [-0.25, -0.2) is 17.8 Å². The van der Waals surface area contributed by atoms with Crippen LogP contribution < -0.4 is 4.74 Å². The molecule has 0 unspecified atom stereocenters. The number of sulfone groups is 1. The van der Waals surface area contributed by atoms with Gasteiger partial charge < -0.3 is 9.14 Å². The van der Waals surface area contributed by atoms with E-state index in [0.717, 1.165) is 0 Å². The zero-order valence-corrected chi connectivity index (χ0v) is 11.7. The van der Waals surface area contributed by atoms with E-state index in [9.17, 15) is 12.8 Å². The zero-order valence-electron chi connectivity index (χ0n) is 10.9. The Balaban J connectivity index is 2.73. The van der Waals surface area contributed by atoms with Gasteiger partial charge in [0.2, 0.25) is 0 Å². The molecule has 19 heavy (non-hydrogen) atoms. The van der Waals surface area contributed by atoms with E-state index in [0.29, 0.717) is 5.65 Å². The number of rotatable bonds is 4. The van der Waals surface area contributed by atoms with E-state index in [1.54, 1.807) is 16.8 Å². The number of ether oxygens (including phenoxy) is 1. The molecule has 0 aliphatic rings. The Bertz CT molecular complexity index is 707. The molecule has 0 saturated heterocycles. The molecule has 0 N–H and O–H groups in total. The van der Waals surface area contributed by atoms with Gasteiger partial charge in [-0.05, 0) is 13.8 Å². The molecular weight excluding hydrogens is 271 g/mol. The number of aromatic nitrogens is 2. The fraction of sp³-hybridized carbons (Fsp3) is 0.417. The number of halogens is 1. The molecule has 0 atom stereocenters. The molecule has 0 radical (unpaired) electrons. The molecule has 0 fully saturated rings. The maximum Gasteiger partial charge on any atom is 0.191 e. The molecule has 0 saturated carbocycles. The first-order valence-electron chi connectivity index (χ1n) is 5.65. The quantitative estimate of drug-likeness (QED) is 0.861. The van der Waals surface area contributed by atoms with Gasteiger partial charge >= 0.3 is 0 Å². The third-order valence-corrected chi connectivity index (χ3v) is 5.47. The van der Waals surface area contributed by atoms with Crippen LogP contribution in [0.1, 0.15) is 13.8 Å². The second kappa shape index (κ2) is 4.48. The number of fused-ring (bicyclic) bond motifs is 1. The minimum absolute atomic E-state index is 0.0387. The van der Waals surface area contributed by atoms with Crippen molar-refractivity contribution < 1.29 is 17.5 Å². The van der Waals surface area contributed by atoms with E-state index >= 15 is 0 Å². The average Bonchev–Trinajstić information content (AvgIpc) is 2.83. The van der Waals surface area contributed by atoms with Crippen LogP contribution in [0.25, 0.3) is 5.65 Å². The van der Waals surface area contributed by atoms with E-state index < -0.39 is 21.3 Å².